The van der Waals surface area contributed by atoms with Gasteiger partial charge in [0.05, 0.1) is 12.9 Å². The zero-order valence-corrected chi connectivity index (χ0v) is 17.1. The second kappa shape index (κ2) is 9.52. The van der Waals surface area contributed by atoms with Crippen LogP contribution in [-0.2, 0) is 4.79 Å². The van der Waals surface area contributed by atoms with Crippen LogP contribution in [0.1, 0.15) is 25.7 Å². The Bertz CT molecular complexity index is 744. The zero-order chi connectivity index (χ0) is 17.2. The average Bonchev–Trinajstić information content (AvgIpc) is 3.34. The Morgan fingerprint density at radius 1 is 1.22 bits per heavy atom. The van der Waals surface area contributed by atoms with E-state index in [0.29, 0.717) is 24.1 Å². The third kappa shape index (κ3) is 5.21. The molecule has 1 saturated heterocycles. The number of carbonyl (C=O) groups is 1. The van der Waals surface area contributed by atoms with Gasteiger partial charge in [-0.05, 0) is 38.1 Å². The van der Waals surface area contributed by atoms with Crippen molar-refractivity contribution in [1.29, 1.82) is 0 Å². The normalized spacial score (nSPS) is 17.3. The number of aromatic nitrogens is 4. The summed E-state index contributed by atoms with van der Waals surface area (Å²) < 4.78 is 0. The van der Waals surface area contributed by atoms with Crippen molar-refractivity contribution in [2.75, 3.05) is 38.1 Å². The van der Waals surface area contributed by atoms with Crippen molar-refractivity contribution >= 4 is 47.7 Å². The van der Waals surface area contributed by atoms with Crippen LogP contribution in [0, 0.1) is 5.92 Å². The highest BCUT2D eigenvalue weighted by Crippen LogP contribution is 2.28. The highest BCUT2D eigenvalue weighted by atomic mass is 35.5. The van der Waals surface area contributed by atoms with Gasteiger partial charge >= 0.3 is 0 Å². The monoisotopic (exact) mass is 415 g/mol. The Hall–Kier alpha value is -1.64. The van der Waals surface area contributed by atoms with Crippen LogP contribution in [0.3, 0.4) is 0 Å². The van der Waals surface area contributed by atoms with Crippen LogP contribution in [-0.4, -0.2) is 70.0 Å². The lowest BCUT2D eigenvalue weighted by atomic mass is 10.0. The molecule has 2 aromatic heterocycles. The molecular weight excluding hydrogens is 389 g/mol. The Morgan fingerprint density at radius 2 is 1.96 bits per heavy atom. The molecule has 0 spiro atoms. The van der Waals surface area contributed by atoms with Gasteiger partial charge < -0.3 is 20.1 Å². The molecule has 8 nitrogen and oxygen atoms in total. The number of carbonyl (C=O) groups excluding carboxylic acids is 1. The summed E-state index contributed by atoms with van der Waals surface area (Å²) in [4.78, 5) is 32.1. The third-order valence-electron chi connectivity index (χ3n) is 5.18. The predicted molar refractivity (Wildman–Crippen MR) is 110 cm³/mol. The zero-order valence-electron chi connectivity index (χ0n) is 15.4. The second-order valence-electron chi connectivity index (χ2n) is 7.16. The van der Waals surface area contributed by atoms with Crippen LogP contribution < -0.4 is 10.2 Å². The van der Waals surface area contributed by atoms with Crippen molar-refractivity contribution in [2.24, 2.45) is 5.92 Å². The largest absolute Gasteiger partial charge is 0.348 e. The fourth-order valence-corrected chi connectivity index (χ4v) is 3.41. The van der Waals surface area contributed by atoms with Gasteiger partial charge in [0, 0.05) is 26.2 Å². The van der Waals surface area contributed by atoms with Crippen LogP contribution in [0.25, 0.3) is 11.2 Å². The molecule has 10 heteroatoms. The number of rotatable bonds is 6. The first-order chi connectivity index (χ1) is 12.2. The summed E-state index contributed by atoms with van der Waals surface area (Å²) in [7, 11) is 1.88. The number of amides is 1. The molecule has 2 fully saturated rings. The maximum atomic E-state index is 12.6. The maximum absolute atomic E-state index is 12.6. The van der Waals surface area contributed by atoms with Gasteiger partial charge in [0.15, 0.2) is 11.5 Å². The van der Waals surface area contributed by atoms with E-state index in [9.17, 15) is 4.79 Å². The number of nitrogens with zero attached hydrogens (tertiary/aromatic N) is 5. The van der Waals surface area contributed by atoms with Gasteiger partial charge in [-0.25, -0.2) is 15.0 Å². The van der Waals surface area contributed by atoms with Crippen LogP contribution in [0.4, 0.5) is 5.82 Å². The minimum atomic E-state index is 0. The van der Waals surface area contributed by atoms with Crippen LogP contribution in [0.5, 0.6) is 0 Å². The summed E-state index contributed by atoms with van der Waals surface area (Å²) in [6.45, 7) is 3.12. The van der Waals surface area contributed by atoms with Gasteiger partial charge in [0.2, 0.25) is 5.91 Å². The molecule has 1 amide bonds. The molecule has 150 valence electrons. The Morgan fingerprint density at radius 3 is 2.67 bits per heavy atom. The minimum Gasteiger partial charge on any atom is -0.348 e. The summed E-state index contributed by atoms with van der Waals surface area (Å²) in [5.41, 5.74) is 1.38. The molecule has 27 heavy (non-hydrogen) atoms. The molecule has 0 atom stereocenters. The fraction of sp³-hybridized carbons (Fsp3) is 0.647. The van der Waals surface area contributed by atoms with Crippen LogP contribution in [0.15, 0.2) is 12.7 Å². The summed E-state index contributed by atoms with van der Waals surface area (Å²) in [5, 5.41) is 3.65. The fourth-order valence-electron chi connectivity index (χ4n) is 3.41. The Labute approximate surface area is 171 Å². The predicted octanol–water partition coefficient (Wildman–Crippen LogP) is 1.62. The smallest absolute Gasteiger partial charge is 0.242 e. The van der Waals surface area contributed by atoms with E-state index >= 15 is 0 Å². The summed E-state index contributed by atoms with van der Waals surface area (Å²) in [5.74, 6) is 1.76. The lowest BCUT2D eigenvalue weighted by molar-refractivity contribution is -0.130. The van der Waals surface area contributed by atoms with E-state index in [1.165, 1.54) is 19.2 Å². The van der Waals surface area contributed by atoms with Crippen molar-refractivity contribution in [3.8, 4) is 0 Å². The molecular formula is C17H27Cl2N7O. The van der Waals surface area contributed by atoms with Crippen LogP contribution >= 0.6 is 24.8 Å². The summed E-state index contributed by atoms with van der Waals surface area (Å²) in [6, 6.07) is 0.564. The van der Waals surface area contributed by atoms with Gasteiger partial charge in [-0.2, -0.15) is 0 Å². The van der Waals surface area contributed by atoms with Gasteiger partial charge in [-0.15, -0.1) is 24.8 Å². The standard InChI is InChI=1S/C17H25N7O.2ClH/c1-23(17-15-16(20-10-19-15)21-11-22-17)9-14(25)24-6-4-13(5-7-24)18-8-12-2-3-12;;/h10-13,18H,2-9H2,1H3,(H,19,20,21,22);2*1H. The molecule has 4 rings (SSSR count). The van der Waals surface area contributed by atoms with E-state index in [-0.39, 0.29) is 30.7 Å². The van der Waals surface area contributed by atoms with E-state index in [0.717, 1.165) is 43.9 Å². The van der Waals surface area contributed by atoms with E-state index in [1.807, 2.05) is 16.8 Å². The molecule has 0 aromatic carbocycles. The van der Waals surface area contributed by atoms with Crippen molar-refractivity contribution < 1.29 is 4.79 Å². The third-order valence-corrected chi connectivity index (χ3v) is 5.18. The number of likely N-dealkylation sites (tertiary alicyclic amines) is 1. The van der Waals surface area contributed by atoms with Gasteiger partial charge in [0.1, 0.15) is 11.8 Å². The van der Waals surface area contributed by atoms with Gasteiger partial charge in [-0.3, -0.25) is 4.79 Å². The van der Waals surface area contributed by atoms with Crippen molar-refractivity contribution in [1.82, 2.24) is 30.2 Å². The van der Waals surface area contributed by atoms with E-state index in [1.54, 1.807) is 6.33 Å². The lowest BCUT2D eigenvalue weighted by Gasteiger charge is -2.33. The second-order valence-corrected chi connectivity index (χ2v) is 7.16. The molecule has 1 aliphatic heterocycles. The Kier molecular flexibility index (Phi) is 7.64. The molecule has 0 radical (unpaired) electrons. The topological polar surface area (TPSA) is 90.0 Å². The molecule has 3 heterocycles. The first kappa shape index (κ1) is 21.7. The van der Waals surface area contributed by atoms with Crippen LogP contribution in [0.2, 0.25) is 0 Å². The highest BCUT2D eigenvalue weighted by Gasteiger charge is 2.26. The number of aromatic amines is 1. The van der Waals surface area contributed by atoms with Gasteiger partial charge in [0.25, 0.3) is 0 Å². The number of hydrogen-bond acceptors (Lipinski definition) is 6. The summed E-state index contributed by atoms with van der Waals surface area (Å²) in [6.07, 6.45) is 7.92. The molecule has 2 aliphatic rings. The number of nitrogens with one attached hydrogen (secondary N) is 2. The number of piperidine rings is 1. The van der Waals surface area contributed by atoms with Crippen molar-refractivity contribution in [3.05, 3.63) is 12.7 Å². The van der Waals surface area contributed by atoms with E-state index in [4.69, 9.17) is 0 Å². The number of imidazole rings is 1. The number of anilines is 1. The number of fused-ring (bicyclic) bond motifs is 1. The van der Waals surface area contributed by atoms with E-state index in [2.05, 4.69) is 25.3 Å². The lowest BCUT2D eigenvalue weighted by Crippen LogP contribution is -2.48. The molecule has 2 aromatic rings. The summed E-state index contributed by atoms with van der Waals surface area (Å²) >= 11 is 0. The molecule has 0 unspecified atom stereocenters. The minimum absolute atomic E-state index is 0. The van der Waals surface area contributed by atoms with Crippen molar-refractivity contribution in [2.45, 2.75) is 31.7 Å². The maximum Gasteiger partial charge on any atom is 0.242 e. The number of halogens is 2. The average molecular weight is 416 g/mol. The molecule has 0 bridgehead atoms. The molecule has 1 saturated carbocycles. The first-order valence-electron chi connectivity index (χ1n) is 9.07. The quantitative estimate of drug-likeness (QED) is 0.744. The van der Waals surface area contributed by atoms with E-state index < -0.39 is 0 Å². The molecule has 2 N–H and O–H groups in total. The number of hydrogen-bond donors (Lipinski definition) is 2. The SMILES string of the molecule is CN(CC(=O)N1CCC(NCC2CC2)CC1)c1ncnc2nc[nH]c12.Cl.Cl. The Balaban J connectivity index is 0.00000131. The molecule has 1 aliphatic carbocycles. The number of likely N-dealkylation sites (N-methyl/N-ethyl adjacent to an activating group) is 1. The van der Waals surface area contributed by atoms with Gasteiger partial charge in [-0.1, -0.05) is 0 Å². The highest BCUT2D eigenvalue weighted by molar-refractivity contribution is 5.87. The van der Waals surface area contributed by atoms with Crippen molar-refractivity contribution in [3.63, 3.8) is 0 Å². The first-order valence-corrected chi connectivity index (χ1v) is 9.07. The number of H-pyrrole nitrogens is 1.